The van der Waals surface area contributed by atoms with Gasteiger partial charge in [0.25, 0.3) is 0 Å². The van der Waals surface area contributed by atoms with Gasteiger partial charge in [-0.3, -0.25) is 0 Å². The molecule has 1 aromatic carbocycles. The van der Waals surface area contributed by atoms with E-state index in [9.17, 15) is 8.42 Å². The molecule has 0 aliphatic carbocycles. The fourth-order valence-electron chi connectivity index (χ4n) is 1.95. The van der Waals surface area contributed by atoms with Gasteiger partial charge >= 0.3 is 0 Å². The molecule has 1 aromatic rings. The number of sulfonamides is 1. The minimum absolute atomic E-state index is 0.104. The predicted molar refractivity (Wildman–Crippen MR) is 79.7 cm³/mol. The van der Waals surface area contributed by atoms with Gasteiger partial charge in [0.2, 0.25) is 10.0 Å². The maximum Gasteiger partial charge on any atom is 0.212 e. The lowest BCUT2D eigenvalue weighted by Crippen LogP contribution is -2.31. The Morgan fingerprint density at radius 2 is 1.79 bits per heavy atom. The molecule has 108 valence electrons. The molecule has 0 fully saturated rings. The largest absolute Gasteiger partial charge is 0.309 e. The Bertz CT molecular complexity index is 469. The Labute approximate surface area is 116 Å². The van der Waals surface area contributed by atoms with Crippen molar-refractivity contribution in [3.8, 4) is 0 Å². The highest BCUT2D eigenvalue weighted by atomic mass is 32.2. The van der Waals surface area contributed by atoms with Crippen molar-refractivity contribution in [1.82, 2.24) is 10.0 Å². The number of hydrogen-bond acceptors (Lipinski definition) is 3. The van der Waals surface area contributed by atoms with E-state index >= 15 is 0 Å². The summed E-state index contributed by atoms with van der Waals surface area (Å²) in [5, 5.41) is 3.29. The summed E-state index contributed by atoms with van der Waals surface area (Å²) in [4.78, 5) is 0. The van der Waals surface area contributed by atoms with Crippen molar-refractivity contribution in [2.75, 3.05) is 19.3 Å². The lowest BCUT2D eigenvalue weighted by molar-refractivity contribution is 0.529. The van der Waals surface area contributed by atoms with Gasteiger partial charge < -0.3 is 5.32 Å². The quantitative estimate of drug-likeness (QED) is 0.766. The molecule has 1 unspecified atom stereocenters. The zero-order chi connectivity index (χ0) is 14.3. The summed E-state index contributed by atoms with van der Waals surface area (Å²) in [5.41, 5.74) is 2.53. The first-order chi connectivity index (χ1) is 9.02. The first-order valence-electron chi connectivity index (χ1n) is 6.75. The normalized spacial score (nSPS) is 13.4. The Balaban J connectivity index is 2.57. The average molecular weight is 284 g/mol. The summed E-state index contributed by atoms with van der Waals surface area (Å²) in [7, 11) is -1.69. The van der Waals surface area contributed by atoms with E-state index in [1.54, 1.807) is 0 Å². The van der Waals surface area contributed by atoms with Gasteiger partial charge in [0.05, 0.1) is 5.75 Å². The highest BCUT2D eigenvalue weighted by molar-refractivity contribution is 7.89. The molecule has 0 radical (unpaired) electrons. The summed E-state index contributed by atoms with van der Waals surface area (Å²) >= 11 is 0. The lowest BCUT2D eigenvalue weighted by Gasteiger charge is -2.17. The topological polar surface area (TPSA) is 58.2 Å². The predicted octanol–water partition coefficient (Wildman–Crippen LogP) is 1.84. The molecule has 0 spiro atoms. The Kier molecular flexibility index (Phi) is 6.48. The van der Waals surface area contributed by atoms with Crippen LogP contribution in [-0.4, -0.2) is 27.8 Å². The Hall–Kier alpha value is -0.910. The van der Waals surface area contributed by atoms with Crippen molar-refractivity contribution in [3.63, 3.8) is 0 Å². The summed E-state index contributed by atoms with van der Waals surface area (Å²) in [6.07, 6.45) is 1.97. The Morgan fingerprint density at radius 3 is 2.26 bits per heavy atom. The third-order valence-corrected chi connectivity index (χ3v) is 4.63. The van der Waals surface area contributed by atoms with Crippen LogP contribution in [-0.2, 0) is 16.4 Å². The van der Waals surface area contributed by atoms with E-state index in [1.807, 2.05) is 0 Å². The molecule has 0 bridgehead atoms. The van der Waals surface area contributed by atoms with Crippen LogP contribution in [0.3, 0.4) is 0 Å². The van der Waals surface area contributed by atoms with Crippen LogP contribution in [0.15, 0.2) is 24.3 Å². The Morgan fingerprint density at radius 1 is 1.16 bits per heavy atom. The molecule has 2 N–H and O–H groups in total. The minimum Gasteiger partial charge on any atom is -0.309 e. The number of hydrogen-bond donors (Lipinski definition) is 2. The molecule has 1 atom stereocenters. The van der Waals surface area contributed by atoms with E-state index in [4.69, 9.17) is 0 Å². The van der Waals surface area contributed by atoms with Crippen LogP contribution in [0, 0.1) is 0 Å². The monoisotopic (exact) mass is 284 g/mol. The number of aryl methyl sites for hydroxylation is 1. The standard InChI is InChI=1S/C14H24N2O2S/c1-4-12-6-8-13(9-7-12)14(5-2)16-10-11-19(17,18)15-3/h6-9,14-16H,4-5,10-11H2,1-3H3. The summed E-state index contributed by atoms with van der Waals surface area (Å²) in [6, 6.07) is 8.70. The molecule has 0 saturated heterocycles. The second-order valence-corrected chi connectivity index (χ2v) is 6.58. The highest BCUT2D eigenvalue weighted by Crippen LogP contribution is 2.17. The second-order valence-electron chi connectivity index (χ2n) is 4.53. The van der Waals surface area contributed by atoms with Crippen molar-refractivity contribution in [1.29, 1.82) is 0 Å². The minimum atomic E-state index is -3.13. The molecule has 0 saturated carbocycles. The van der Waals surface area contributed by atoms with Gasteiger partial charge in [-0.15, -0.1) is 0 Å². The van der Waals surface area contributed by atoms with Crippen molar-refractivity contribution in [2.24, 2.45) is 0 Å². The van der Waals surface area contributed by atoms with Crippen LogP contribution in [0.25, 0.3) is 0 Å². The number of benzene rings is 1. The molecular weight excluding hydrogens is 260 g/mol. The van der Waals surface area contributed by atoms with Crippen LogP contribution in [0.4, 0.5) is 0 Å². The van der Waals surface area contributed by atoms with Crippen molar-refractivity contribution < 1.29 is 8.42 Å². The number of rotatable bonds is 8. The van der Waals surface area contributed by atoms with Crippen LogP contribution in [0.1, 0.15) is 37.4 Å². The van der Waals surface area contributed by atoms with Gasteiger partial charge in [-0.2, -0.15) is 0 Å². The molecule has 5 heteroatoms. The van der Waals surface area contributed by atoms with Crippen molar-refractivity contribution in [3.05, 3.63) is 35.4 Å². The van der Waals surface area contributed by atoms with E-state index in [0.29, 0.717) is 6.54 Å². The first-order valence-corrected chi connectivity index (χ1v) is 8.41. The zero-order valence-electron chi connectivity index (χ0n) is 11.9. The summed E-state index contributed by atoms with van der Waals surface area (Å²) in [5.74, 6) is 0.104. The fraction of sp³-hybridized carbons (Fsp3) is 0.571. The molecule has 19 heavy (non-hydrogen) atoms. The highest BCUT2D eigenvalue weighted by Gasteiger charge is 2.11. The van der Waals surface area contributed by atoms with Crippen LogP contribution >= 0.6 is 0 Å². The van der Waals surface area contributed by atoms with Gasteiger partial charge in [0.15, 0.2) is 0 Å². The number of nitrogens with one attached hydrogen (secondary N) is 2. The lowest BCUT2D eigenvalue weighted by atomic mass is 10.0. The van der Waals surface area contributed by atoms with Gasteiger partial charge in [0.1, 0.15) is 0 Å². The third-order valence-electron chi connectivity index (χ3n) is 3.27. The van der Waals surface area contributed by atoms with E-state index in [1.165, 1.54) is 18.2 Å². The van der Waals surface area contributed by atoms with Crippen molar-refractivity contribution >= 4 is 10.0 Å². The molecule has 0 aromatic heterocycles. The smallest absolute Gasteiger partial charge is 0.212 e. The third kappa shape index (κ3) is 5.30. The molecular formula is C14H24N2O2S. The zero-order valence-corrected chi connectivity index (χ0v) is 12.8. The average Bonchev–Trinajstić information content (AvgIpc) is 2.44. The van der Waals surface area contributed by atoms with Gasteiger partial charge in [0, 0.05) is 12.6 Å². The second kappa shape index (κ2) is 7.62. The van der Waals surface area contributed by atoms with Crippen LogP contribution in [0.5, 0.6) is 0 Å². The maximum absolute atomic E-state index is 11.3. The molecule has 0 heterocycles. The van der Waals surface area contributed by atoms with Crippen molar-refractivity contribution in [2.45, 2.75) is 32.7 Å². The van der Waals surface area contributed by atoms with Gasteiger partial charge in [-0.1, -0.05) is 38.1 Å². The summed E-state index contributed by atoms with van der Waals surface area (Å²) in [6.45, 7) is 4.68. The van der Waals surface area contributed by atoms with E-state index < -0.39 is 10.0 Å². The maximum atomic E-state index is 11.3. The molecule has 0 amide bonds. The van der Waals surface area contributed by atoms with E-state index in [-0.39, 0.29) is 11.8 Å². The van der Waals surface area contributed by atoms with E-state index in [2.05, 4.69) is 48.2 Å². The molecule has 1 rings (SSSR count). The summed E-state index contributed by atoms with van der Waals surface area (Å²) < 4.78 is 25.0. The van der Waals surface area contributed by atoms with Crippen LogP contribution < -0.4 is 10.0 Å². The van der Waals surface area contributed by atoms with Gasteiger partial charge in [-0.05, 0) is 31.0 Å². The van der Waals surface area contributed by atoms with Crippen LogP contribution in [0.2, 0.25) is 0 Å². The van der Waals surface area contributed by atoms with Gasteiger partial charge in [-0.25, -0.2) is 13.1 Å². The fourth-order valence-corrected chi connectivity index (χ4v) is 2.54. The molecule has 0 aliphatic rings. The van der Waals surface area contributed by atoms with E-state index in [0.717, 1.165) is 12.8 Å². The molecule has 0 aliphatic heterocycles. The first kappa shape index (κ1) is 16.1. The SMILES string of the molecule is CCc1ccc(C(CC)NCCS(=O)(=O)NC)cc1. The molecule has 4 nitrogen and oxygen atoms in total.